The molecule has 1 aromatic rings. The molecular formula is C13H22ClNO. The molecule has 3 N–H and O–H groups in total. The maximum Gasteiger partial charge on any atom is 0.0319 e. The molecule has 0 saturated heterocycles. The second-order valence-electron chi connectivity index (χ2n) is 4.43. The predicted octanol–water partition coefficient (Wildman–Crippen LogP) is 2.49. The van der Waals surface area contributed by atoms with Crippen LogP contribution >= 0.6 is 12.4 Å². The van der Waals surface area contributed by atoms with Crippen LogP contribution in [0.15, 0.2) is 30.3 Å². The van der Waals surface area contributed by atoms with Crippen molar-refractivity contribution in [3.63, 3.8) is 0 Å². The molecular weight excluding hydrogens is 222 g/mol. The van der Waals surface area contributed by atoms with Gasteiger partial charge in [-0.2, -0.15) is 0 Å². The Morgan fingerprint density at radius 1 is 1.25 bits per heavy atom. The van der Waals surface area contributed by atoms with Crippen LogP contribution in [0.1, 0.15) is 31.7 Å². The zero-order valence-corrected chi connectivity index (χ0v) is 10.8. The van der Waals surface area contributed by atoms with Gasteiger partial charge in [0.25, 0.3) is 0 Å². The minimum Gasteiger partial charge on any atom is -0.400 e. The number of nitrogens with two attached hydrogens (primary N) is 1. The van der Waals surface area contributed by atoms with Crippen LogP contribution < -0.4 is 5.73 Å². The van der Waals surface area contributed by atoms with E-state index in [4.69, 9.17) is 10.8 Å². The molecule has 1 aliphatic carbocycles. The van der Waals surface area contributed by atoms with Crippen molar-refractivity contribution in [1.82, 2.24) is 0 Å². The van der Waals surface area contributed by atoms with Gasteiger partial charge in [-0.1, -0.05) is 37.3 Å². The van der Waals surface area contributed by atoms with E-state index in [1.807, 2.05) is 0 Å². The maximum atomic E-state index is 7.00. The van der Waals surface area contributed by atoms with Crippen molar-refractivity contribution < 1.29 is 5.11 Å². The van der Waals surface area contributed by atoms with Crippen LogP contribution in [0.4, 0.5) is 0 Å². The van der Waals surface area contributed by atoms with Gasteiger partial charge in [0.2, 0.25) is 0 Å². The summed E-state index contributed by atoms with van der Waals surface area (Å²) in [5, 5.41) is 7.00. The van der Waals surface area contributed by atoms with E-state index in [0.717, 1.165) is 13.5 Å². The van der Waals surface area contributed by atoms with Gasteiger partial charge in [-0.05, 0) is 30.2 Å². The number of aliphatic hydroxyl groups excluding tert-OH is 1. The fourth-order valence-electron chi connectivity index (χ4n) is 2.39. The van der Waals surface area contributed by atoms with Crippen molar-refractivity contribution in [2.45, 2.75) is 37.6 Å². The van der Waals surface area contributed by atoms with Gasteiger partial charge < -0.3 is 10.8 Å². The molecule has 0 spiro atoms. The van der Waals surface area contributed by atoms with Crippen LogP contribution in [0.5, 0.6) is 0 Å². The van der Waals surface area contributed by atoms with E-state index in [-0.39, 0.29) is 12.4 Å². The van der Waals surface area contributed by atoms with Gasteiger partial charge >= 0.3 is 0 Å². The van der Waals surface area contributed by atoms with Crippen molar-refractivity contribution in [3.8, 4) is 0 Å². The van der Waals surface area contributed by atoms with Gasteiger partial charge in [-0.15, -0.1) is 12.4 Å². The minimum atomic E-state index is 0. The van der Waals surface area contributed by atoms with Gasteiger partial charge in [0.15, 0.2) is 0 Å². The van der Waals surface area contributed by atoms with E-state index in [9.17, 15) is 0 Å². The number of aliphatic hydroxyl groups is 1. The first-order chi connectivity index (χ1) is 7.21. The number of halogens is 1. The van der Waals surface area contributed by atoms with Crippen molar-refractivity contribution in [2.24, 2.45) is 5.73 Å². The van der Waals surface area contributed by atoms with Crippen molar-refractivity contribution in [1.29, 1.82) is 0 Å². The fourth-order valence-corrected chi connectivity index (χ4v) is 2.39. The van der Waals surface area contributed by atoms with Crippen molar-refractivity contribution >= 4 is 12.4 Å². The van der Waals surface area contributed by atoms with E-state index < -0.39 is 0 Å². The highest BCUT2D eigenvalue weighted by atomic mass is 35.5. The van der Waals surface area contributed by atoms with Gasteiger partial charge in [-0.25, -0.2) is 0 Å². The predicted molar refractivity (Wildman–Crippen MR) is 71.0 cm³/mol. The highest BCUT2D eigenvalue weighted by molar-refractivity contribution is 5.85. The van der Waals surface area contributed by atoms with Crippen LogP contribution in [0.3, 0.4) is 0 Å². The summed E-state index contributed by atoms with van der Waals surface area (Å²) < 4.78 is 0. The first-order valence-corrected chi connectivity index (χ1v) is 5.46. The monoisotopic (exact) mass is 243 g/mol. The summed E-state index contributed by atoms with van der Waals surface area (Å²) in [5.74, 6) is 0. The van der Waals surface area contributed by atoms with Crippen LogP contribution in [0.25, 0.3) is 0 Å². The molecule has 2 rings (SSSR count). The lowest BCUT2D eigenvalue weighted by atomic mass is 9.81. The average Bonchev–Trinajstić information content (AvgIpc) is 2.64. The molecule has 0 aliphatic heterocycles. The molecule has 0 unspecified atom stereocenters. The highest BCUT2D eigenvalue weighted by Crippen LogP contribution is 2.39. The topological polar surface area (TPSA) is 46.2 Å². The smallest absolute Gasteiger partial charge is 0.0319 e. The maximum absolute atomic E-state index is 7.00. The molecule has 0 aromatic heterocycles. The normalized spacial score (nSPS) is 27.6. The van der Waals surface area contributed by atoms with E-state index >= 15 is 0 Å². The number of hydrogen-bond acceptors (Lipinski definition) is 2. The van der Waals surface area contributed by atoms with E-state index in [0.29, 0.717) is 11.5 Å². The molecule has 0 radical (unpaired) electrons. The Morgan fingerprint density at radius 2 is 1.81 bits per heavy atom. The first-order valence-electron chi connectivity index (χ1n) is 5.46. The van der Waals surface area contributed by atoms with Crippen LogP contribution in [0, 0.1) is 0 Å². The standard InChI is InChI=1S/C12H17N.CH4O.ClH/c1-12(8-7-11(13)9-12)10-5-3-2-4-6-10;1-2;/h2-6,11H,7-9,13H2,1H3;2H,1H3;1H/t11-,12+;;/m0../s1. The molecule has 0 amide bonds. The Hall–Kier alpha value is -0.570. The van der Waals surface area contributed by atoms with Gasteiger partial charge in [0.05, 0.1) is 0 Å². The molecule has 3 heteroatoms. The lowest BCUT2D eigenvalue weighted by Gasteiger charge is -2.24. The Kier molecular flexibility index (Phi) is 6.65. The van der Waals surface area contributed by atoms with E-state index in [1.165, 1.54) is 18.4 Å². The molecule has 0 bridgehead atoms. The molecule has 1 aliphatic rings. The molecule has 0 heterocycles. The summed E-state index contributed by atoms with van der Waals surface area (Å²) in [5.41, 5.74) is 7.73. The Labute approximate surface area is 104 Å². The molecule has 1 aromatic carbocycles. The molecule has 16 heavy (non-hydrogen) atoms. The van der Waals surface area contributed by atoms with Crippen LogP contribution in [-0.2, 0) is 5.41 Å². The van der Waals surface area contributed by atoms with Gasteiger partial charge in [-0.3, -0.25) is 0 Å². The second kappa shape index (κ2) is 6.89. The molecule has 1 saturated carbocycles. The van der Waals surface area contributed by atoms with Crippen LogP contribution in [-0.4, -0.2) is 18.3 Å². The number of rotatable bonds is 1. The zero-order chi connectivity index (χ0) is 11.3. The molecule has 92 valence electrons. The minimum absolute atomic E-state index is 0. The third kappa shape index (κ3) is 3.48. The third-order valence-corrected chi connectivity index (χ3v) is 3.25. The van der Waals surface area contributed by atoms with Crippen molar-refractivity contribution in [2.75, 3.05) is 7.11 Å². The molecule has 2 atom stereocenters. The Bertz CT molecular complexity index is 291. The summed E-state index contributed by atoms with van der Waals surface area (Å²) in [4.78, 5) is 0. The largest absolute Gasteiger partial charge is 0.400 e. The van der Waals surface area contributed by atoms with E-state index in [1.54, 1.807) is 0 Å². The van der Waals surface area contributed by atoms with Gasteiger partial charge in [0.1, 0.15) is 0 Å². The number of benzene rings is 1. The number of hydrogen-bond donors (Lipinski definition) is 2. The fraction of sp³-hybridized carbons (Fsp3) is 0.538. The average molecular weight is 244 g/mol. The Balaban J connectivity index is 0.000000711. The zero-order valence-electron chi connectivity index (χ0n) is 10.0. The first kappa shape index (κ1) is 15.4. The van der Waals surface area contributed by atoms with Crippen LogP contribution in [0.2, 0.25) is 0 Å². The summed E-state index contributed by atoms with van der Waals surface area (Å²) in [7, 11) is 1.00. The Morgan fingerprint density at radius 3 is 2.25 bits per heavy atom. The van der Waals surface area contributed by atoms with E-state index in [2.05, 4.69) is 37.3 Å². The summed E-state index contributed by atoms with van der Waals surface area (Å²) in [6.45, 7) is 2.33. The molecule has 2 nitrogen and oxygen atoms in total. The van der Waals surface area contributed by atoms with Gasteiger partial charge in [0, 0.05) is 13.2 Å². The summed E-state index contributed by atoms with van der Waals surface area (Å²) >= 11 is 0. The summed E-state index contributed by atoms with van der Waals surface area (Å²) in [6, 6.07) is 11.2. The SMILES string of the molecule is CO.C[C@@]1(c2ccccc2)CC[C@H](N)C1.Cl. The third-order valence-electron chi connectivity index (χ3n) is 3.25. The second-order valence-corrected chi connectivity index (χ2v) is 4.43. The lowest BCUT2D eigenvalue weighted by molar-refractivity contribution is 0.399. The quantitative estimate of drug-likeness (QED) is 0.796. The highest BCUT2D eigenvalue weighted by Gasteiger charge is 2.34. The molecule has 1 fully saturated rings. The lowest BCUT2D eigenvalue weighted by Crippen LogP contribution is -2.22. The van der Waals surface area contributed by atoms with Crippen molar-refractivity contribution in [3.05, 3.63) is 35.9 Å². The summed E-state index contributed by atoms with van der Waals surface area (Å²) in [6.07, 6.45) is 3.54.